The second-order valence-corrected chi connectivity index (χ2v) is 7.70. The van der Waals surface area contributed by atoms with Gasteiger partial charge in [0.05, 0.1) is 24.8 Å². The van der Waals surface area contributed by atoms with Crippen LogP contribution in [0.25, 0.3) is 22.6 Å². The van der Waals surface area contributed by atoms with Crippen LogP contribution in [0.1, 0.15) is 10.4 Å². The number of halogens is 2. The normalized spacial score (nSPS) is 10.8. The SMILES string of the molecule is COc1cc(OC)cc(C(=O)Nc2ccc3oc(-c4cc(Br)ccc4Cl)nc3c2)c1. The smallest absolute Gasteiger partial charge is 0.255 e. The van der Waals surface area contributed by atoms with Crippen molar-refractivity contribution in [3.8, 4) is 23.0 Å². The van der Waals surface area contributed by atoms with Crippen molar-refractivity contribution < 1.29 is 18.7 Å². The number of nitrogens with zero attached hydrogens (tertiary/aromatic N) is 1. The Morgan fingerprint density at radius 2 is 1.77 bits per heavy atom. The number of carbonyl (C=O) groups is 1. The summed E-state index contributed by atoms with van der Waals surface area (Å²) in [7, 11) is 3.06. The average Bonchev–Trinajstić information content (AvgIpc) is 3.18. The Morgan fingerprint density at radius 3 is 2.47 bits per heavy atom. The standard InChI is InChI=1S/C22H16BrClN2O4/c1-28-15-7-12(8-16(11-15)29-2)21(27)25-14-4-6-20-19(10-14)26-22(30-20)17-9-13(23)3-5-18(17)24/h3-11H,1-2H3,(H,25,27). The van der Waals surface area contributed by atoms with Gasteiger partial charge in [0.15, 0.2) is 5.58 Å². The van der Waals surface area contributed by atoms with E-state index in [1.165, 1.54) is 14.2 Å². The third-order valence-corrected chi connectivity index (χ3v) is 5.24. The van der Waals surface area contributed by atoms with Crippen molar-refractivity contribution in [1.82, 2.24) is 4.98 Å². The Morgan fingerprint density at radius 1 is 1.03 bits per heavy atom. The maximum Gasteiger partial charge on any atom is 0.255 e. The molecule has 0 radical (unpaired) electrons. The van der Waals surface area contributed by atoms with Crippen molar-refractivity contribution in [2.75, 3.05) is 19.5 Å². The topological polar surface area (TPSA) is 73.6 Å². The third-order valence-electron chi connectivity index (χ3n) is 4.42. The molecule has 0 aliphatic rings. The summed E-state index contributed by atoms with van der Waals surface area (Å²) in [5.41, 5.74) is 2.85. The van der Waals surface area contributed by atoms with Crippen molar-refractivity contribution in [3.63, 3.8) is 0 Å². The van der Waals surface area contributed by atoms with Crippen LogP contribution in [-0.2, 0) is 0 Å². The van der Waals surface area contributed by atoms with Crippen LogP contribution in [0.15, 0.2) is 63.5 Å². The number of aromatic nitrogens is 1. The molecule has 0 fully saturated rings. The van der Waals surface area contributed by atoms with Crippen LogP contribution in [0.2, 0.25) is 5.02 Å². The zero-order valence-corrected chi connectivity index (χ0v) is 18.4. The van der Waals surface area contributed by atoms with Gasteiger partial charge in [0.2, 0.25) is 5.89 Å². The van der Waals surface area contributed by atoms with Crippen LogP contribution in [0, 0.1) is 0 Å². The van der Waals surface area contributed by atoms with E-state index < -0.39 is 0 Å². The molecule has 1 N–H and O–H groups in total. The molecule has 6 nitrogen and oxygen atoms in total. The molecule has 4 rings (SSSR count). The molecule has 30 heavy (non-hydrogen) atoms. The number of rotatable bonds is 5. The molecule has 3 aromatic carbocycles. The molecule has 4 aromatic rings. The predicted octanol–water partition coefficient (Wildman–Crippen LogP) is 6.18. The van der Waals surface area contributed by atoms with Crippen LogP contribution < -0.4 is 14.8 Å². The van der Waals surface area contributed by atoms with Gasteiger partial charge in [-0.2, -0.15) is 0 Å². The summed E-state index contributed by atoms with van der Waals surface area (Å²) < 4.78 is 17.1. The molecule has 0 aliphatic heterocycles. The first-order valence-corrected chi connectivity index (χ1v) is 10.0. The highest BCUT2D eigenvalue weighted by molar-refractivity contribution is 9.10. The summed E-state index contributed by atoms with van der Waals surface area (Å²) in [6.07, 6.45) is 0. The van der Waals surface area contributed by atoms with Gasteiger partial charge in [-0.25, -0.2) is 4.98 Å². The van der Waals surface area contributed by atoms with Crippen LogP contribution in [-0.4, -0.2) is 25.1 Å². The lowest BCUT2D eigenvalue weighted by molar-refractivity contribution is 0.102. The fraction of sp³-hybridized carbons (Fsp3) is 0.0909. The van der Waals surface area contributed by atoms with Crippen LogP contribution >= 0.6 is 27.5 Å². The monoisotopic (exact) mass is 486 g/mol. The maximum atomic E-state index is 12.7. The number of hydrogen-bond donors (Lipinski definition) is 1. The van der Waals surface area contributed by atoms with E-state index in [0.29, 0.717) is 50.3 Å². The van der Waals surface area contributed by atoms with Crippen molar-refractivity contribution in [2.24, 2.45) is 0 Å². The molecule has 0 saturated carbocycles. The molecule has 1 amide bonds. The number of nitrogens with one attached hydrogen (secondary N) is 1. The molecule has 0 atom stereocenters. The molecular weight excluding hydrogens is 472 g/mol. The lowest BCUT2D eigenvalue weighted by Crippen LogP contribution is -2.12. The van der Waals surface area contributed by atoms with Crippen molar-refractivity contribution >= 4 is 50.2 Å². The van der Waals surface area contributed by atoms with E-state index in [9.17, 15) is 4.79 Å². The first-order chi connectivity index (χ1) is 14.5. The molecule has 1 heterocycles. The second kappa shape index (κ2) is 8.38. The zero-order chi connectivity index (χ0) is 21.3. The lowest BCUT2D eigenvalue weighted by atomic mass is 10.1. The lowest BCUT2D eigenvalue weighted by Gasteiger charge is -2.09. The molecule has 0 saturated heterocycles. The summed E-state index contributed by atoms with van der Waals surface area (Å²) in [4.78, 5) is 17.2. The van der Waals surface area contributed by atoms with Gasteiger partial charge in [0, 0.05) is 21.8 Å². The highest BCUT2D eigenvalue weighted by atomic mass is 79.9. The van der Waals surface area contributed by atoms with E-state index in [-0.39, 0.29) is 5.91 Å². The largest absolute Gasteiger partial charge is 0.497 e. The van der Waals surface area contributed by atoms with E-state index in [1.807, 2.05) is 12.1 Å². The van der Waals surface area contributed by atoms with Crippen molar-refractivity contribution in [1.29, 1.82) is 0 Å². The number of benzene rings is 3. The van der Waals surface area contributed by atoms with Gasteiger partial charge >= 0.3 is 0 Å². The summed E-state index contributed by atoms with van der Waals surface area (Å²) >= 11 is 9.70. The molecule has 8 heteroatoms. The van der Waals surface area contributed by atoms with E-state index in [2.05, 4.69) is 26.2 Å². The number of methoxy groups -OCH3 is 2. The molecule has 1 aromatic heterocycles. The Hall–Kier alpha value is -3.03. The first kappa shape index (κ1) is 20.3. The first-order valence-electron chi connectivity index (χ1n) is 8.87. The number of anilines is 1. The third kappa shape index (κ3) is 4.13. The van der Waals surface area contributed by atoms with Crippen molar-refractivity contribution in [3.05, 3.63) is 69.7 Å². The Kier molecular flexibility index (Phi) is 5.65. The number of hydrogen-bond acceptors (Lipinski definition) is 5. The summed E-state index contributed by atoms with van der Waals surface area (Å²) in [6.45, 7) is 0. The quantitative estimate of drug-likeness (QED) is 0.364. The number of amides is 1. The highest BCUT2D eigenvalue weighted by Gasteiger charge is 2.14. The number of fused-ring (bicyclic) bond motifs is 1. The molecule has 0 spiro atoms. The fourth-order valence-electron chi connectivity index (χ4n) is 2.92. The number of carbonyl (C=O) groups excluding carboxylic acids is 1. The molecule has 0 bridgehead atoms. The summed E-state index contributed by atoms with van der Waals surface area (Å²) in [5, 5.41) is 3.39. The van der Waals surface area contributed by atoms with E-state index >= 15 is 0 Å². The number of ether oxygens (including phenoxy) is 2. The molecule has 0 unspecified atom stereocenters. The predicted molar refractivity (Wildman–Crippen MR) is 120 cm³/mol. The van der Waals surface area contributed by atoms with E-state index in [0.717, 1.165) is 4.47 Å². The highest BCUT2D eigenvalue weighted by Crippen LogP contribution is 2.33. The van der Waals surface area contributed by atoms with Crippen LogP contribution in [0.4, 0.5) is 5.69 Å². The second-order valence-electron chi connectivity index (χ2n) is 6.38. The Labute approximate surface area is 185 Å². The van der Waals surface area contributed by atoms with Gasteiger partial charge in [-0.3, -0.25) is 4.79 Å². The fourth-order valence-corrected chi connectivity index (χ4v) is 3.48. The minimum absolute atomic E-state index is 0.301. The van der Waals surface area contributed by atoms with Gasteiger partial charge in [0.25, 0.3) is 5.91 Å². The minimum atomic E-state index is -0.301. The minimum Gasteiger partial charge on any atom is -0.497 e. The van der Waals surface area contributed by atoms with Gasteiger partial charge in [-0.1, -0.05) is 27.5 Å². The maximum absolute atomic E-state index is 12.7. The Balaban J connectivity index is 1.63. The molecule has 152 valence electrons. The van der Waals surface area contributed by atoms with Crippen molar-refractivity contribution in [2.45, 2.75) is 0 Å². The van der Waals surface area contributed by atoms with Gasteiger partial charge in [-0.15, -0.1) is 0 Å². The van der Waals surface area contributed by atoms with E-state index in [4.69, 9.17) is 25.5 Å². The van der Waals surface area contributed by atoms with Gasteiger partial charge in [-0.05, 0) is 48.5 Å². The molecular formula is C22H16BrClN2O4. The zero-order valence-electron chi connectivity index (χ0n) is 16.0. The van der Waals surface area contributed by atoms with Gasteiger partial charge < -0.3 is 19.2 Å². The van der Waals surface area contributed by atoms with E-state index in [1.54, 1.807) is 42.5 Å². The Bertz CT molecular complexity index is 1230. The van der Waals surface area contributed by atoms with Crippen LogP contribution in [0.5, 0.6) is 11.5 Å². The summed E-state index contributed by atoms with van der Waals surface area (Å²) in [6, 6.07) is 15.7. The van der Waals surface area contributed by atoms with Gasteiger partial charge in [0.1, 0.15) is 17.0 Å². The summed E-state index contributed by atoms with van der Waals surface area (Å²) in [5.74, 6) is 1.16. The number of oxazole rings is 1. The average molecular weight is 488 g/mol. The van der Waals surface area contributed by atoms with Crippen LogP contribution in [0.3, 0.4) is 0 Å². The molecule has 0 aliphatic carbocycles.